The summed E-state index contributed by atoms with van der Waals surface area (Å²) in [5, 5.41) is 16.8. The van der Waals surface area contributed by atoms with E-state index in [0.717, 1.165) is 49.7 Å². The maximum absolute atomic E-state index is 10.8. The van der Waals surface area contributed by atoms with E-state index in [4.69, 9.17) is 19.3 Å². The van der Waals surface area contributed by atoms with Crippen LogP contribution in [-0.4, -0.2) is 51.9 Å². The Bertz CT molecular complexity index is 1110. The number of hydrogen-bond donors (Lipinski definition) is 1. The second-order valence-electron chi connectivity index (χ2n) is 9.01. The molecule has 1 saturated carbocycles. The molecule has 0 unspecified atom stereocenters. The van der Waals surface area contributed by atoms with Gasteiger partial charge in [-0.15, -0.1) is 0 Å². The highest BCUT2D eigenvalue weighted by Gasteiger charge is 2.43. The standard InChI is InChI=1S/C24H27N3O4/c1-26-20-5-3-2-4-18(20)19(25-26)13-27-11-15-8-21(28)23(9-16(15)12-27)31-17-6-7-22-24(10-17)30-14-29-22/h2-7,10,15-16,21,23,28H,8-9,11-14H2,1H3/t15-,16+,21+,23+/m0/s1. The first-order valence-electron chi connectivity index (χ1n) is 11.0. The fraction of sp³-hybridized carbons (Fsp3) is 0.458. The van der Waals surface area contributed by atoms with Crippen LogP contribution in [0, 0.1) is 11.8 Å². The molecule has 7 heteroatoms. The predicted molar refractivity (Wildman–Crippen MR) is 115 cm³/mol. The Morgan fingerprint density at radius 3 is 2.77 bits per heavy atom. The molecule has 1 aliphatic carbocycles. The zero-order chi connectivity index (χ0) is 20.9. The molecule has 2 aromatic carbocycles. The van der Waals surface area contributed by atoms with Gasteiger partial charge in [0.05, 0.1) is 17.3 Å². The van der Waals surface area contributed by atoms with E-state index in [9.17, 15) is 5.11 Å². The van der Waals surface area contributed by atoms with Gasteiger partial charge in [-0.2, -0.15) is 5.10 Å². The molecule has 7 nitrogen and oxygen atoms in total. The summed E-state index contributed by atoms with van der Waals surface area (Å²) in [4.78, 5) is 2.49. The van der Waals surface area contributed by atoms with Crippen LogP contribution in [0.1, 0.15) is 18.5 Å². The molecular weight excluding hydrogens is 394 g/mol. The Morgan fingerprint density at radius 2 is 1.87 bits per heavy atom. The van der Waals surface area contributed by atoms with Crippen LogP contribution in [0.5, 0.6) is 17.2 Å². The summed E-state index contributed by atoms with van der Waals surface area (Å²) in [6.45, 7) is 3.11. The van der Waals surface area contributed by atoms with E-state index in [1.807, 2.05) is 29.9 Å². The van der Waals surface area contributed by atoms with E-state index >= 15 is 0 Å². The number of rotatable bonds is 4. The van der Waals surface area contributed by atoms with E-state index in [0.29, 0.717) is 17.6 Å². The zero-order valence-electron chi connectivity index (χ0n) is 17.6. The van der Waals surface area contributed by atoms with E-state index in [2.05, 4.69) is 29.2 Å². The van der Waals surface area contributed by atoms with Crippen molar-refractivity contribution in [1.29, 1.82) is 0 Å². The van der Waals surface area contributed by atoms with Gasteiger partial charge in [-0.05, 0) is 42.9 Å². The normalized spacial score (nSPS) is 27.5. The molecule has 0 amide bonds. The number of ether oxygens (including phenoxy) is 3. The lowest BCUT2D eigenvalue weighted by atomic mass is 9.78. The van der Waals surface area contributed by atoms with Crippen molar-refractivity contribution in [2.45, 2.75) is 31.6 Å². The van der Waals surface area contributed by atoms with Crippen LogP contribution in [0.3, 0.4) is 0 Å². The predicted octanol–water partition coefficient (Wildman–Crippen LogP) is 2.95. The van der Waals surface area contributed by atoms with Crippen molar-refractivity contribution >= 4 is 10.9 Å². The molecule has 3 heterocycles. The largest absolute Gasteiger partial charge is 0.488 e. The first-order chi connectivity index (χ1) is 15.1. The fourth-order valence-electron chi connectivity index (χ4n) is 5.49. The number of aromatic nitrogens is 2. The molecule has 4 atom stereocenters. The number of aryl methyl sites for hydroxylation is 1. The van der Waals surface area contributed by atoms with Gasteiger partial charge in [-0.25, -0.2) is 0 Å². The lowest BCUT2D eigenvalue weighted by molar-refractivity contribution is -0.0232. The number of fused-ring (bicyclic) bond motifs is 3. The van der Waals surface area contributed by atoms with Crippen LogP contribution in [0.25, 0.3) is 10.9 Å². The molecule has 31 heavy (non-hydrogen) atoms. The van der Waals surface area contributed by atoms with Crippen molar-refractivity contribution in [2.24, 2.45) is 18.9 Å². The smallest absolute Gasteiger partial charge is 0.231 e. The van der Waals surface area contributed by atoms with Gasteiger partial charge in [0.15, 0.2) is 11.5 Å². The zero-order valence-corrected chi connectivity index (χ0v) is 17.6. The molecule has 2 aliphatic heterocycles. The number of aliphatic hydroxyl groups is 1. The second-order valence-corrected chi connectivity index (χ2v) is 9.01. The summed E-state index contributed by atoms with van der Waals surface area (Å²) >= 11 is 0. The topological polar surface area (TPSA) is 69.0 Å². The Hall–Kier alpha value is -2.77. The van der Waals surface area contributed by atoms with Crippen LogP contribution >= 0.6 is 0 Å². The SMILES string of the molecule is Cn1nc(CN2C[C@H]3C[C@@H](Oc4ccc5c(c4)OCO5)[C@H](O)C[C@H]3C2)c2ccccc21. The molecule has 1 saturated heterocycles. The van der Waals surface area contributed by atoms with Gasteiger partial charge in [0.25, 0.3) is 0 Å². The lowest BCUT2D eigenvalue weighted by Gasteiger charge is -2.35. The van der Waals surface area contributed by atoms with Gasteiger partial charge < -0.3 is 19.3 Å². The maximum atomic E-state index is 10.8. The summed E-state index contributed by atoms with van der Waals surface area (Å²) in [5.41, 5.74) is 2.30. The molecule has 1 aromatic heterocycles. The third kappa shape index (κ3) is 3.42. The molecule has 0 radical (unpaired) electrons. The van der Waals surface area contributed by atoms with Crippen LogP contribution < -0.4 is 14.2 Å². The molecule has 6 rings (SSSR count). The number of hydrogen-bond acceptors (Lipinski definition) is 6. The third-order valence-corrected chi connectivity index (χ3v) is 7.00. The van der Waals surface area contributed by atoms with E-state index in [-0.39, 0.29) is 12.9 Å². The highest BCUT2D eigenvalue weighted by atomic mass is 16.7. The molecule has 2 fully saturated rings. The minimum Gasteiger partial charge on any atom is -0.488 e. The number of aliphatic hydroxyl groups excluding tert-OH is 1. The van der Waals surface area contributed by atoms with Crippen LogP contribution in [0.4, 0.5) is 0 Å². The fourth-order valence-corrected chi connectivity index (χ4v) is 5.49. The van der Waals surface area contributed by atoms with Crippen LogP contribution in [0.2, 0.25) is 0 Å². The van der Waals surface area contributed by atoms with Crippen molar-refractivity contribution in [3.05, 3.63) is 48.2 Å². The number of likely N-dealkylation sites (tertiary alicyclic amines) is 1. The average molecular weight is 421 g/mol. The monoisotopic (exact) mass is 421 g/mol. The Balaban J connectivity index is 1.13. The highest BCUT2D eigenvalue weighted by molar-refractivity contribution is 5.81. The van der Waals surface area contributed by atoms with Gasteiger partial charge in [0.2, 0.25) is 6.79 Å². The van der Waals surface area contributed by atoms with Gasteiger partial charge in [0, 0.05) is 38.1 Å². The number of nitrogens with zero attached hydrogens (tertiary/aromatic N) is 3. The summed E-state index contributed by atoms with van der Waals surface area (Å²) in [6.07, 6.45) is 0.985. The summed E-state index contributed by atoms with van der Waals surface area (Å²) in [7, 11) is 2.00. The molecule has 1 N–H and O–H groups in total. The maximum Gasteiger partial charge on any atom is 0.231 e. The van der Waals surface area contributed by atoms with Crippen LogP contribution in [0.15, 0.2) is 42.5 Å². The van der Waals surface area contributed by atoms with Crippen molar-refractivity contribution in [3.63, 3.8) is 0 Å². The van der Waals surface area contributed by atoms with Crippen LogP contribution in [-0.2, 0) is 13.6 Å². The molecule has 3 aliphatic rings. The molecule has 162 valence electrons. The summed E-state index contributed by atoms with van der Waals surface area (Å²) < 4.78 is 19.0. The summed E-state index contributed by atoms with van der Waals surface area (Å²) in [5.74, 6) is 3.20. The van der Waals surface area contributed by atoms with Crippen molar-refractivity contribution < 1.29 is 19.3 Å². The third-order valence-electron chi connectivity index (χ3n) is 7.00. The number of benzene rings is 2. The van der Waals surface area contributed by atoms with Gasteiger partial charge >= 0.3 is 0 Å². The first kappa shape index (κ1) is 19.0. The molecular formula is C24H27N3O4. The van der Waals surface area contributed by atoms with Gasteiger partial charge in [0.1, 0.15) is 11.9 Å². The Morgan fingerprint density at radius 1 is 1.06 bits per heavy atom. The molecule has 3 aromatic rings. The summed E-state index contributed by atoms with van der Waals surface area (Å²) in [6, 6.07) is 14.0. The van der Waals surface area contributed by atoms with Crippen molar-refractivity contribution in [1.82, 2.24) is 14.7 Å². The number of para-hydroxylation sites is 1. The Kier molecular flexibility index (Phi) is 4.54. The second kappa shape index (κ2) is 7.43. The van der Waals surface area contributed by atoms with Crippen molar-refractivity contribution in [3.8, 4) is 17.2 Å². The van der Waals surface area contributed by atoms with E-state index in [1.54, 1.807) is 0 Å². The first-order valence-corrected chi connectivity index (χ1v) is 11.0. The van der Waals surface area contributed by atoms with Gasteiger partial charge in [-0.1, -0.05) is 18.2 Å². The highest BCUT2D eigenvalue weighted by Crippen LogP contribution is 2.40. The quantitative estimate of drug-likeness (QED) is 0.699. The van der Waals surface area contributed by atoms with E-state index in [1.165, 1.54) is 10.9 Å². The minimum atomic E-state index is -0.456. The minimum absolute atomic E-state index is 0.197. The Labute approximate surface area is 181 Å². The molecule has 0 spiro atoms. The van der Waals surface area contributed by atoms with E-state index < -0.39 is 6.10 Å². The van der Waals surface area contributed by atoms with Gasteiger partial charge in [-0.3, -0.25) is 9.58 Å². The molecule has 0 bridgehead atoms. The lowest BCUT2D eigenvalue weighted by Crippen LogP contribution is -2.42. The average Bonchev–Trinajstić information content (AvgIpc) is 3.46. The van der Waals surface area contributed by atoms with Crippen molar-refractivity contribution in [2.75, 3.05) is 19.9 Å².